The van der Waals surface area contributed by atoms with Crippen molar-refractivity contribution in [2.45, 2.75) is 26.7 Å². The lowest BCUT2D eigenvalue weighted by molar-refractivity contribution is 0.500. The van der Waals surface area contributed by atoms with Gasteiger partial charge >= 0.3 is 0 Å². The van der Waals surface area contributed by atoms with Crippen LogP contribution in [-0.2, 0) is 6.42 Å². The van der Waals surface area contributed by atoms with E-state index in [1.54, 1.807) is 11.3 Å². The molecule has 1 unspecified atom stereocenters. The minimum atomic E-state index is 0.698. The Bertz CT molecular complexity index is 404. The smallest absolute Gasteiger partial charge is 0.193 e. The Morgan fingerprint density at radius 1 is 1.56 bits per heavy atom. The van der Waals surface area contributed by atoms with Gasteiger partial charge in [0.05, 0.1) is 5.69 Å². The Morgan fingerprint density at radius 2 is 2.44 bits per heavy atom. The summed E-state index contributed by atoms with van der Waals surface area (Å²) in [5.74, 6) is 0.698. The average molecular weight is 237 g/mol. The number of fused-ring (bicyclic) bond motifs is 1. The third-order valence-electron chi connectivity index (χ3n) is 2.76. The van der Waals surface area contributed by atoms with Crippen molar-refractivity contribution in [2.24, 2.45) is 5.92 Å². The SMILES string of the molecule is CCNCCC(C)Cc1cn2ccsc2n1. The summed E-state index contributed by atoms with van der Waals surface area (Å²) in [6.07, 6.45) is 6.52. The van der Waals surface area contributed by atoms with Gasteiger partial charge in [-0.1, -0.05) is 13.8 Å². The first-order valence-electron chi connectivity index (χ1n) is 5.91. The Balaban J connectivity index is 1.86. The molecule has 0 radical (unpaired) electrons. The van der Waals surface area contributed by atoms with Crippen molar-refractivity contribution >= 4 is 16.3 Å². The second kappa shape index (κ2) is 5.46. The average Bonchev–Trinajstić information content (AvgIpc) is 2.78. The monoisotopic (exact) mass is 237 g/mol. The van der Waals surface area contributed by atoms with E-state index in [9.17, 15) is 0 Å². The molecule has 2 aromatic rings. The van der Waals surface area contributed by atoms with E-state index in [2.05, 4.69) is 46.3 Å². The third-order valence-corrected chi connectivity index (χ3v) is 3.54. The second-order valence-electron chi connectivity index (χ2n) is 4.28. The molecule has 0 fully saturated rings. The zero-order valence-electron chi connectivity index (χ0n) is 9.94. The van der Waals surface area contributed by atoms with Crippen molar-refractivity contribution < 1.29 is 0 Å². The summed E-state index contributed by atoms with van der Waals surface area (Å²) in [6, 6.07) is 0. The summed E-state index contributed by atoms with van der Waals surface area (Å²) < 4.78 is 2.11. The second-order valence-corrected chi connectivity index (χ2v) is 5.15. The highest BCUT2D eigenvalue weighted by Crippen LogP contribution is 2.15. The van der Waals surface area contributed by atoms with Crippen LogP contribution in [0.3, 0.4) is 0 Å². The van der Waals surface area contributed by atoms with Crippen molar-refractivity contribution in [1.82, 2.24) is 14.7 Å². The summed E-state index contributed by atoms with van der Waals surface area (Å²) in [4.78, 5) is 5.71. The van der Waals surface area contributed by atoms with Gasteiger partial charge in [-0.25, -0.2) is 4.98 Å². The fourth-order valence-electron chi connectivity index (χ4n) is 1.86. The molecule has 0 aliphatic heterocycles. The highest BCUT2D eigenvalue weighted by atomic mass is 32.1. The van der Waals surface area contributed by atoms with Gasteiger partial charge in [0.2, 0.25) is 0 Å². The van der Waals surface area contributed by atoms with Crippen LogP contribution in [0.5, 0.6) is 0 Å². The van der Waals surface area contributed by atoms with E-state index in [0.717, 1.165) is 24.5 Å². The number of imidazole rings is 1. The summed E-state index contributed by atoms with van der Waals surface area (Å²) in [6.45, 7) is 6.62. The van der Waals surface area contributed by atoms with Gasteiger partial charge in [0.15, 0.2) is 4.96 Å². The van der Waals surface area contributed by atoms with Crippen LogP contribution >= 0.6 is 11.3 Å². The van der Waals surface area contributed by atoms with E-state index in [4.69, 9.17) is 0 Å². The Morgan fingerprint density at radius 3 is 3.19 bits per heavy atom. The van der Waals surface area contributed by atoms with E-state index in [1.807, 2.05) is 0 Å². The molecule has 2 heterocycles. The number of rotatable bonds is 6. The Hall–Kier alpha value is -0.870. The zero-order valence-corrected chi connectivity index (χ0v) is 10.8. The van der Waals surface area contributed by atoms with Gasteiger partial charge < -0.3 is 5.32 Å². The van der Waals surface area contributed by atoms with E-state index < -0.39 is 0 Å². The summed E-state index contributed by atoms with van der Waals surface area (Å²) in [5, 5.41) is 5.43. The van der Waals surface area contributed by atoms with E-state index in [0.29, 0.717) is 5.92 Å². The Kier molecular flexibility index (Phi) is 3.96. The van der Waals surface area contributed by atoms with E-state index in [1.165, 1.54) is 12.1 Å². The minimum Gasteiger partial charge on any atom is -0.317 e. The van der Waals surface area contributed by atoms with Crippen LogP contribution in [0.4, 0.5) is 0 Å². The lowest BCUT2D eigenvalue weighted by Gasteiger charge is -2.09. The van der Waals surface area contributed by atoms with Gasteiger partial charge in [0.25, 0.3) is 0 Å². The zero-order chi connectivity index (χ0) is 11.4. The molecule has 0 aliphatic carbocycles. The predicted octanol–water partition coefficient (Wildman–Crippen LogP) is 2.57. The van der Waals surface area contributed by atoms with Gasteiger partial charge in [0.1, 0.15) is 0 Å². The molecule has 0 saturated carbocycles. The molecule has 0 saturated heterocycles. The molecule has 88 valence electrons. The quantitative estimate of drug-likeness (QED) is 0.782. The first kappa shape index (κ1) is 11.6. The van der Waals surface area contributed by atoms with Crippen molar-refractivity contribution in [2.75, 3.05) is 13.1 Å². The molecular formula is C12H19N3S. The molecular weight excluding hydrogens is 218 g/mol. The topological polar surface area (TPSA) is 29.3 Å². The number of hydrogen-bond donors (Lipinski definition) is 1. The van der Waals surface area contributed by atoms with Crippen LogP contribution < -0.4 is 5.32 Å². The minimum absolute atomic E-state index is 0.698. The summed E-state index contributed by atoms with van der Waals surface area (Å²) in [7, 11) is 0. The molecule has 0 aliphatic rings. The van der Waals surface area contributed by atoms with E-state index >= 15 is 0 Å². The number of thiazole rings is 1. The van der Waals surface area contributed by atoms with Gasteiger partial charge in [-0.2, -0.15) is 0 Å². The van der Waals surface area contributed by atoms with Crippen molar-refractivity contribution in [3.63, 3.8) is 0 Å². The van der Waals surface area contributed by atoms with Crippen LogP contribution in [0.1, 0.15) is 26.0 Å². The predicted molar refractivity (Wildman–Crippen MR) is 69.1 cm³/mol. The first-order chi connectivity index (χ1) is 7.79. The van der Waals surface area contributed by atoms with Crippen molar-refractivity contribution in [3.8, 4) is 0 Å². The van der Waals surface area contributed by atoms with Crippen molar-refractivity contribution in [3.05, 3.63) is 23.5 Å². The normalized spacial score (nSPS) is 13.4. The van der Waals surface area contributed by atoms with Crippen molar-refractivity contribution in [1.29, 1.82) is 0 Å². The van der Waals surface area contributed by atoms with E-state index in [-0.39, 0.29) is 0 Å². The molecule has 0 amide bonds. The van der Waals surface area contributed by atoms with Crippen LogP contribution in [0.2, 0.25) is 0 Å². The molecule has 4 heteroatoms. The molecule has 0 aromatic carbocycles. The summed E-state index contributed by atoms with van der Waals surface area (Å²) >= 11 is 1.70. The lowest BCUT2D eigenvalue weighted by Crippen LogP contribution is -2.17. The summed E-state index contributed by atoms with van der Waals surface area (Å²) in [5.41, 5.74) is 1.22. The molecule has 1 N–H and O–H groups in total. The van der Waals surface area contributed by atoms with Gasteiger partial charge in [-0.05, 0) is 31.8 Å². The van der Waals surface area contributed by atoms with Gasteiger partial charge in [0, 0.05) is 17.8 Å². The number of nitrogens with zero attached hydrogens (tertiary/aromatic N) is 2. The third kappa shape index (κ3) is 2.83. The standard InChI is InChI=1S/C12H19N3S/c1-3-13-5-4-10(2)8-11-9-15-6-7-16-12(15)14-11/h6-7,9-10,13H,3-5,8H2,1-2H3. The Labute approximate surface area is 101 Å². The molecule has 0 bridgehead atoms. The molecule has 3 nitrogen and oxygen atoms in total. The highest BCUT2D eigenvalue weighted by molar-refractivity contribution is 7.15. The number of nitrogens with one attached hydrogen (secondary N) is 1. The van der Waals surface area contributed by atoms with Gasteiger partial charge in [-0.15, -0.1) is 11.3 Å². The molecule has 1 atom stereocenters. The maximum absolute atomic E-state index is 4.60. The number of hydrogen-bond acceptors (Lipinski definition) is 3. The largest absolute Gasteiger partial charge is 0.317 e. The molecule has 2 aromatic heterocycles. The lowest BCUT2D eigenvalue weighted by atomic mass is 10.0. The van der Waals surface area contributed by atoms with Gasteiger partial charge in [-0.3, -0.25) is 4.40 Å². The van der Waals surface area contributed by atoms with Crippen LogP contribution in [-0.4, -0.2) is 22.5 Å². The number of aromatic nitrogens is 2. The first-order valence-corrected chi connectivity index (χ1v) is 6.79. The fraction of sp³-hybridized carbons (Fsp3) is 0.583. The maximum Gasteiger partial charge on any atom is 0.193 e. The van der Waals surface area contributed by atoms with Crippen LogP contribution in [0.15, 0.2) is 17.8 Å². The highest BCUT2D eigenvalue weighted by Gasteiger charge is 2.07. The van der Waals surface area contributed by atoms with Crippen LogP contribution in [0, 0.1) is 5.92 Å². The molecule has 2 rings (SSSR count). The molecule has 0 spiro atoms. The van der Waals surface area contributed by atoms with Crippen LogP contribution in [0.25, 0.3) is 4.96 Å². The molecule has 16 heavy (non-hydrogen) atoms. The maximum atomic E-state index is 4.60. The fourth-order valence-corrected chi connectivity index (χ4v) is 2.58.